The molecule has 1 saturated heterocycles. The number of ether oxygens (including phenoxy) is 2. The first-order valence-electron chi connectivity index (χ1n) is 11.3. The molecule has 0 aromatic carbocycles. The van der Waals surface area contributed by atoms with Crippen LogP contribution in [0.4, 0.5) is 24.7 Å². The number of halogens is 3. The molecule has 3 aliphatic rings. The maximum Gasteiger partial charge on any atom is 0.433 e. The van der Waals surface area contributed by atoms with Crippen molar-refractivity contribution in [3.63, 3.8) is 0 Å². The van der Waals surface area contributed by atoms with Crippen LogP contribution in [0.15, 0.2) is 18.3 Å². The lowest BCUT2D eigenvalue weighted by Crippen LogP contribution is -2.59. The lowest BCUT2D eigenvalue weighted by atomic mass is 9.73. The highest BCUT2D eigenvalue weighted by Gasteiger charge is 2.50. The van der Waals surface area contributed by atoms with Crippen LogP contribution in [0.5, 0.6) is 5.75 Å². The van der Waals surface area contributed by atoms with Gasteiger partial charge in [-0.2, -0.15) is 13.2 Å². The van der Waals surface area contributed by atoms with E-state index in [2.05, 4.69) is 15.3 Å². The van der Waals surface area contributed by atoms with E-state index in [-0.39, 0.29) is 5.91 Å². The standard InChI is InChI=1S/C23H26F3N5O3/c1-13-19-20(31(2)22(21(32)30-19)5-6-33-12-22)29-18(28-13)9-14-7-15(8-14)11-34-16-3-4-17(27-10-16)23(24,25)26/h3-4,10,14-15H,5-9,11-12H2,1-2H3,(H,30,32)/t14?,15?,22-/m0/s1. The van der Waals surface area contributed by atoms with Crippen molar-refractivity contribution >= 4 is 17.4 Å². The Morgan fingerprint density at radius 3 is 2.71 bits per heavy atom. The van der Waals surface area contributed by atoms with Crippen LogP contribution < -0.4 is 15.0 Å². The SMILES string of the molecule is Cc1nc(CC2CC(COc3ccc(C(F)(F)F)nc3)C2)nc2c1NC(=O)[C@@]1(CCOC1)N2C. The number of amides is 1. The summed E-state index contributed by atoms with van der Waals surface area (Å²) in [4.78, 5) is 27.5. The molecular formula is C23H26F3N5O3. The summed E-state index contributed by atoms with van der Waals surface area (Å²) in [5.74, 6) is 2.45. The van der Waals surface area contributed by atoms with Crippen molar-refractivity contribution in [1.82, 2.24) is 15.0 Å². The summed E-state index contributed by atoms with van der Waals surface area (Å²) in [5, 5.41) is 2.98. The van der Waals surface area contributed by atoms with E-state index in [0.717, 1.165) is 48.9 Å². The number of carbonyl (C=O) groups is 1. The number of likely N-dealkylation sites (N-methyl/N-ethyl adjacent to an activating group) is 1. The third-order valence-corrected chi connectivity index (χ3v) is 7.06. The number of pyridine rings is 1. The molecule has 2 aromatic rings. The second-order valence-electron chi connectivity index (χ2n) is 9.37. The molecule has 182 valence electrons. The molecule has 0 unspecified atom stereocenters. The lowest BCUT2D eigenvalue weighted by molar-refractivity contribution is -0.141. The third kappa shape index (κ3) is 4.06. The molecule has 0 bridgehead atoms. The van der Waals surface area contributed by atoms with Crippen LogP contribution in [0.1, 0.15) is 36.5 Å². The average molecular weight is 477 g/mol. The number of anilines is 2. The molecule has 1 N–H and O–H groups in total. The van der Waals surface area contributed by atoms with Crippen molar-refractivity contribution in [2.75, 3.05) is 37.1 Å². The van der Waals surface area contributed by atoms with Gasteiger partial charge in [-0.25, -0.2) is 15.0 Å². The normalized spacial score (nSPS) is 26.3. The van der Waals surface area contributed by atoms with Gasteiger partial charge in [0.2, 0.25) is 0 Å². The van der Waals surface area contributed by atoms with Gasteiger partial charge in [-0.15, -0.1) is 0 Å². The van der Waals surface area contributed by atoms with E-state index in [1.54, 1.807) is 0 Å². The molecule has 1 atom stereocenters. The summed E-state index contributed by atoms with van der Waals surface area (Å²) < 4.78 is 49.0. The molecule has 11 heteroatoms. The topological polar surface area (TPSA) is 89.5 Å². The summed E-state index contributed by atoms with van der Waals surface area (Å²) in [6.07, 6.45) is -0.150. The van der Waals surface area contributed by atoms with E-state index >= 15 is 0 Å². The lowest BCUT2D eigenvalue weighted by Gasteiger charge is -2.42. The van der Waals surface area contributed by atoms with Crippen molar-refractivity contribution in [3.05, 3.63) is 35.5 Å². The minimum Gasteiger partial charge on any atom is -0.492 e. The zero-order chi connectivity index (χ0) is 24.1. The van der Waals surface area contributed by atoms with Gasteiger partial charge in [0.25, 0.3) is 5.91 Å². The van der Waals surface area contributed by atoms with Crippen molar-refractivity contribution in [2.24, 2.45) is 11.8 Å². The molecule has 2 aliphatic heterocycles. The Morgan fingerprint density at radius 1 is 1.26 bits per heavy atom. The maximum atomic E-state index is 12.8. The second kappa shape index (κ2) is 8.37. The summed E-state index contributed by atoms with van der Waals surface area (Å²) in [7, 11) is 1.88. The summed E-state index contributed by atoms with van der Waals surface area (Å²) in [6.45, 7) is 3.19. The quantitative estimate of drug-likeness (QED) is 0.706. The molecule has 1 spiro atoms. The number of aryl methyl sites for hydroxylation is 1. The zero-order valence-electron chi connectivity index (χ0n) is 19.0. The molecule has 2 fully saturated rings. The highest BCUT2D eigenvalue weighted by atomic mass is 19.4. The number of nitrogens with one attached hydrogen (secondary N) is 1. The molecular weight excluding hydrogens is 451 g/mol. The van der Waals surface area contributed by atoms with Crippen LogP contribution in [0.25, 0.3) is 0 Å². The number of fused-ring (bicyclic) bond motifs is 1. The Kier molecular flexibility index (Phi) is 5.62. The second-order valence-corrected chi connectivity index (χ2v) is 9.37. The molecule has 4 heterocycles. The van der Waals surface area contributed by atoms with Crippen LogP contribution in [-0.2, 0) is 22.1 Å². The Balaban J connectivity index is 1.17. The highest BCUT2D eigenvalue weighted by molar-refractivity contribution is 6.06. The zero-order valence-corrected chi connectivity index (χ0v) is 19.0. The van der Waals surface area contributed by atoms with Gasteiger partial charge in [0.15, 0.2) is 5.82 Å². The van der Waals surface area contributed by atoms with Crippen molar-refractivity contribution in [1.29, 1.82) is 0 Å². The van der Waals surface area contributed by atoms with Gasteiger partial charge in [0, 0.05) is 26.5 Å². The van der Waals surface area contributed by atoms with E-state index in [4.69, 9.17) is 14.5 Å². The summed E-state index contributed by atoms with van der Waals surface area (Å²) >= 11 is 0. The van der Waals surface area contributed by atoms with Crippen molar-refractivity contribution in [3.8, 4) is 5.75 Å². The smallest absolute Gasteiger partial charge is 0.433 e. The number of hydrogen-bond acceptors (Lipinski definition) is 7. The van der Waals surface area contributed by atoms with E-state index in [1.165, 1.54) is 6.07 Å². The van der Waals surface area contributed by atoms with E-state index in [1.807, 2.05) is 18.9 Å². The number of rotatable bonds is 5. The van der Waals surface area contributed by atoms with Gasteiger partial charge in [-0.3, -0.25) is 4.79 Å². The van der Waals surface area contributed by atoms with Gasteiger partial charge in [0.05, 0.1) is 25.1 Å². The minimum absolute atomic E-state index is 0.0791. The minimum atomic E-state index is -4.46. The predicted molar refractivity (Wildman–Crippen MR) is 117 cm³/mol. The van der Waals surface area contributed by atoms with Gasteiger partial charge < -0.3 is 19.7 Å². The van der Waals surface area contributed by atoms with Gasteiger partial charge in [0.1, 0.15) is 28.5 Å². The van der Waals surface area contributed by atoms with Crippen LogP contribution in [0, 0.1) is 18.8 Å². The van der Waals surface area contributed by atoms with Crippen LogP contribution >= 0.6 is 0 Å². The highest BCUT2D eigenvalue weighted by Crippen LogP contribution is 2.41. The number of alkyl halides is 3. The van der Waals surface area contributed by atoms with E-state index < -0.39 is 17.4 Å². The monoisotopic (exact) mass is 477 g/mol. The van der Waals surface area contributed by atoms with Gasteiger partial charge in [-0.05, 0) is 43.7 Å². The number of aromatic nitrogens is 3. The van der Waals surface area contributed by atoms with Crippen LogP contribution in [-0.4, -0.2) is 53.3 Å². The van der Waals surface area contributed by atoms with Gasteiger partial charge in [-0.1, -0.05) is 0 Å². The fraction of sp³-hybridized carbons (Fsp3) is 0.565. The van der Waals surface area contributed by atoms with Crippen molar-refractivity contribution < 1.29 is 27.4 Å². The molecule has 34 heavy (non-hydrogen) atoms. The first kappa shape index (κ1) is 22.8. The van der Waals surface area contributed by atoms with E-state index in [9.17, 15) is 18.0 Å². The van der Waals surface area contributed by atoms with Gasteiger partial charge >= 0.3 is 6.18 Å². The molecule has 2 aromatic heterocycles. The molecule has 8 nitrogen and oxygen atoms in total. The Bertz CT molecular complexity index is 1080. The molecule has 1 amide bonds. The largest absolute Gasteiger partial charge is 0.492 e. The Morgan fingerprint density at radius 2 is 2.06 bits per heavy atom. The van der Waals surface area contributed by atoms with Crippen LogP contribution in [0.3, 0.4) is 0 Å². The molecule has 1 aliphatic carbocycles. The molecule has 1 saturated carbocycles. The van der Waals surface area contributed by atoms with Crippen LogP contribution in [0.2, 0.25) is 0 Å². The summed E-state index contributed by atoms with van der Waals surface area (Å²) in [5.41, 5.74) is -0.265. The molecule has 0 radical (unpaired) electrons. The number of hydrogen-bond donors (Lipinski definition) is 1. The Hall–Kier alpha value is -2.95. The Labute approximate surface area is 194 Å². The number of nitrogens with zero attached hydrogens (tertiary/aromatic N) is 4. The third-order valence-electron chi connectivity index (χ3n) is 7.06. The predicted octanol–water partition coefficient (Wildman–Crippen LogP) is 3.39. The summed E-state index contributed by atoms with van der Waals surface area (Å²) in [6, 6.07) is 2.23. The average Bonchev–Trinajstić information content (AvgIpc) is 3.26. The first-order valence-corrected chi connectivity index (χ1v) is 11.3. The van der Waals surface area contributed by atoms with E-state index in [0.29, 0.717) is 49.5 Å². The maximum absolute atomic E-state index is 12.8. The number of carbonyl (C=O) groups excluding carboxylic acids is 1. The fourth-order valence-electron chi connectivity index (χ4n) is 4.96. The van der Waals surface area contributed by atoms with Crippen molar-refractivity contribution in [2.45, 2.75) is 44.3 Å². The fourth-order valence-corrected chi connectivity index (χ4v) is 4.96. The molecule has 5 rings (SSSR count). The first-order chi connectivity index (χ1) is 16.2.